The predicted molar refractivity (Wildman–Crippen MR) is 94.4 cm³/mol. The summed E-state index contributed by atoms with van der Waals surface area (Å²) in [4.78, 5) is 26.7. The lowest BCUT2D eigenvalue weighted by Crippen LogP contribution is -2.62. The molecule has 0 aromatic heterocycles. The van der Waals surface area contributed by atoms with Crippen molar-refractivity contribution in [2.45, 2.75) is 77.7 Å². The lowest BCUT2D eigenvalue weighted by molar-refractivity contribution is -0.151. The van der Waals surface area contributed by atoms with Crippen LogP contribution in [-0.2, 0) is 9.59 Å². The van der Waals surface area contributed by atoms with Crippen molar-refractivity contribution in [2.24, 2.45) is 23.2 Å². The van der Waals surface area contributed by atoms with Crippen LogP contribution in [0.3, 0.4) is 0 Å². The molecule has 3 heteroatoms. The van der Waals surface area contributed by atoms with Crippen molar-refractivity contribution in [3.05, 3.63) is 11.6 Å². The first-order chi connectivity index (χ1) is 11.4. The summed E-state index contributed by atoms with van der Waals surface area (Å²) >= 11 is 0. The highest BCUT2D eigenvalue weighted by molar-refractivity contribution is 5.99. The standard InChI is InChI=1S/C21H31NO2/c1-4-14-5-6-17-16-9-12-22-19(24)13-15(23)7-11-21(22,3)18(16)8-10-20(14,17)2/h5,16-18H,4,6-13H2,1-3H3. The van der Waals surface area contributed by atoms with Gasteiger partial charge in [0.05, 0.1) is 6.42 Å². The second-order valence-electron chi connectivity index (χ2n) is 9.06. The molecule has 4 aliphatic rings. The van der Waals surface area contributed by atoms with Crippen molar-refractivity contribution < 1.29 is 9.59 Å². The van der Waals surface area contributed by atoms with Crippen molar-refractivity contribution in [1.82, 2.24) is 4.90 Å². The van der Waals surface area contributed by atoms with Crippen molar-refractivity contribution >= 4 is 11.7 Å². The van der Waals surface area contributed by atoms with E-state index in [0.717, 1.165) is 25.3 Å². The molecule has 2 aliphatic heterocycles. The molecule has 1 amide bonds. The van der Waals surface area contributed by atoms with Gasteiger partial charge in [0.2, 0.25) is 5.91 Å². The van der Waals surface area contributed by atoms with E-state index in [1.54, 1.807) is 5.57 Å². The lowest BCUT2D eigenvalue weighted by Gasteiger charge is -2.59. The van der Waals surface area contributed by atoms with Gasteiger partial charge in [0.15, 0.2) is 0 Å². The normalized spacial score (nSPS) is 45.2. The zero-order valence-electron chi connectivity index (χ0n) is 15.4. The summed E-state index contributed by atoms with van der Waals surface area (Å²) in [6.07, 6.45) is 10.1. The molecular weight excluding hydrogens is 298 g/mol. The number of hydrogen-bond acceptors (Lipinski definition) is 2. The number of Topliss-reactive ketones (excluding diaryl/α,β-unsaturated/α-hetero) is 1. The largest absolute Gasteiger partial charge is 0.337 e. The molecule has 0 bridgehead atoms. The maximum Gasteiger partial charge on any atom is 0.230 e. The number of hydrogen-bond donors (Lipinski definition) is 0. The third-order valence-corrected chi connectivity index (χ3v) is 8.22. The minimum atomic E-state index is -0.0948. The van der Waals surface area contributed by atoms with Crippen LogP contribution in [0.1, 0.15) is 72.1 Å². The highest BCUT2D eigenvalue weighted by atomic mass is 16.2. The van der Waals surface area contributed by atoms with Gasteiger partial charge < -0.3 is 4.90 Å². The molecule has 4 rings (SSSR count). The topological polar surface area (TPSA) is 37.4 Å². The number of fused-ring (bicyclic) bond motifs is 5. The number of nitrogens with zero attached hydrogens (tertiary/aromatic N) is 1. The Morgan fingerprint density at radius 1 is 1.17 bits per heavy atom. The van der Waals surface area contributed by atoms with Crippen LogP contribution in [-0.4, -0.2) is 28.7 Å². The maximum absolute atomic E-state index is 12.6. The minimum absolute atomic E-state index is 0.0885. The van der Waals surface area contributed by atoms with E-state index >= 15 is 0 Å². The first kappa shape index (κ1) is 16.4. The van der Waals surface area contributed by atoms with Crippen molar-refractivity contribution in [1.29, 1.82) is 0 Å². The van der Waals surface area contributed by atoms with Gasteiger partial charge in [-0.15, -0.1) is 0 Å². The quantitative estimate of drug-likeness (QED) is 0.536. The number of piperidine rings is 1. The van der Waals surface area contributed by atoms with Gasteiger partial charge in [0.25, 0.3) is 0 Å². The van der Waals surface area contributed by atoms with Crippen LogP contribution in [0.15, 0.2) is 11.6 Å². The van der Waals surface area contributed by atoms with E-state index in [0.29, 0.717) is 23.7 Å². The second kappa shape index (κ2) is 5.44. The molecule has 132 valence electrons. The maximum atomic E-state index is 12.6. The molecule has 0 N–H and O–H groups in total. The Morgan fingerprint density at radius 2 is 1.96 bits per heavy atom. The first-order valence-electron chi connectivity index (χ1n) is 9.92. The second-order valence-corrected chi connectivity index (χ2v) is 9.06. The van der Waals surface area contributed by atoms with E-state index in [1.807, 2.05) is 0 Å². The van der Waals surface area contributed by atoms with Gasteiger partial charge >= 0.3 is 0 Å². The van der Waals surface area contributed by atoms with Gasteiger partial charge in [-0.25, -0.2) is 0 Å². The Balaban J connectivity index is 1.66. The summed E-state index contributed by atoms with van der Waals surface area (Å²) in [6.45, 7) is 7.93. The third kappa shape index (κ3) is 2.09. The summed E-state index contributed by atoms with van der Waals surface area (Å²) in [7, 11) is 0. The highest BCUT2D eigenvalue weighted by Crippen LogP contribution is 2.62. The Morgan fingerprint density at radius 3 is 2.71 bits per heavy atom. The van der Waals surface area contributed by atoms with Crippen molar-refractivity contribution in [3.63, 3.8) is 0 Å². The molecule has 2 aliphatic carbocycles. The zero-order valence-corrected chi connectivity index (χ0v) is 15.4. The molecular formula is C21H31NO2. The van der Waals surface area contributed by atoms with Crippen LogP contribution >= 0.6 is 0 Å². The summed E-state index contributed by atoms with van der Waals surface area (Å²) < 4.78 is 0. The molecule has 3 fully saturated rings. The van der Waals surface area contributed by atoms with Gasteiger partial charge in [-0.3, -0.25) is 9.59 Å². The van der Waals surface area contributed by atoms with E-state index < -0.39 is 0 Å². The highest BCUT2D eigenvalue weighted by Gasteiger charge is 2.58. The number of rotatable bonds is 1. The molecule has 5 atom stereocenters. The lowest BCUT2D eigenvalue weighted by atomic mass is 9.52. The monoisotopic (exact) mass is 329 g/mol. The van der Waals surface area contributed by atoms with E-state index in [2.05, 4.69) is 31.7 Å². The van der Waals surface area contributed by atoms with Gasteiger partial charge in [0.1, 0.15) is 5.78 Å². The summed E-state index contributed by atoms with van der Waals surface area (Å²) in [5, 5.41) is 0. The molecule has 1 saturated carbocycles. The number of allylic oxidation sites excluding steroid dienone is 2. The van der Waals surface area contributed by atoms with Crippen LogP contribution in [0.5, 0.6) is 0 Å². The fraction of sp³-hybridized carbons (Fsp3) is 0.810. The third-order valence-electron chi connectivity index (χ3n) is 8.22. The van der Waals surface area contributed by atoms with Crippen LogP contribution in [0.4, 0.5) is 0 Å². The van der Waals surface area contributed by atoms with Gasteiger partial charge in [0, 0.05) is 18.5 Å². The minimum Gasteiger partial charge on any atom is -0.337 e. The van der Waals surface area contributed by atoms with Gasteiger partial charge in [-0.2, -0.15) is 0 Å². The Labute approximate surface area is 145 Å². The van der Waals surface area contributed by atoms with Crippen LogP contribution in [0.25, 0.3) is 0 Å². The van der Waals surface area contributed by atoms with Crippen LogP contribution in [0.2, 0.25) is 0 Å². The molecule has 5 unspecified atom stereocenters. The molecule has 0 aromatic carbocycles. The fourth-order valence-corrected chi connectivity index (χ4v) is 6.88. The van der Waals surface area contributed by atoms with Gasteiger partial charge in [-0.1, -0.05) is 25.5 Å². The zero-order chi connectivity index (χ0) is 17.1. The van der Waals surface area contributed by atoms with Crippen molar-refractivity contribution in [2.75, 3.05) is 6.54 Å². The molecule has 2 heterocycles. The molecule has 0 spiro atoms. The Kier molecular flexibility index (Phi) is 3.71. The Bertz CT molecular complexity index is 609. The average molecular weight is 329 g/mol. The van der Waals surface area contributed by atoms with Crippen LogP contribution < -0.4 is 0 Å². The molecule has 0 aromatic rings. The van der Waals surface area contributed by atoms with E-state index in [4.69, 9.17) is 0 Å². The first-order valence-corrected chi connectivity index (χ1v) is 9.92. The average Bonchev–Trinajstić information content (AvgIpc) is 2.84. The number of ketones is 1. The number of carbonyl (C=O) groups is 2. The fourth-order valence-electron chi connectivity index (χ4n) is 6.88. The predicted octanol–water partition coefficient (Wildman–Crippen LogP) is 4.12. The van der Waals surface area contributed by atoms with Crippen LogP contribution in [0, 0.1) is 23.2 Å². The Hall–Kier alpha value is -1.12. The van der Waals surface area contributed by atoms with E-state index in [1.165, 1.54) is 25.7 Å². The van der Waals surface area contributed by atoms with Crippen molar-refractivity contribution in [3.8, 4) is 0 Å². The number of amides is 1. The SMILES string of the molecule is CCC1=CCC2C3CCN4C(=O)CC(=O)CCC4(C)C3CCC12C. The summed E-state index contributed by atoms with van der Waals surface area (Å²) in [6, 6.07) is 0. The number of carbonyl (C=O) groups excluding carboxylic acids is 2. The summed E-state index contributed by atoms with van der Waals surface area (Å²) in [5.74, 6) is 2.27. The molecule has 3 nitrogen and oxygen atoms in total. The molecule has 0 radical (unpaired) electrons. The van der Waals surface area contributed by atoms with Gasteiger partial charge in [-0.05, 0) is 68.6 Å². The van der Waals surface area contributed by atoms with E-state index in [9.17, 15) is 9.59 Å². The molecule has 24 heavy (non-hydrogen) atoms. The smallest absolute Gasteiger partial charge is 0.230 e. The summed E-state index contributed by atoms with van der Waals surface area (Å²) in [5.41, 5.74) is 1.97. The molecule has 2 saturated heterocycles. The van der Waals surface area contributed by atoms with E-state index in [-0.39, 0.29) is 23.7 Å².